The molecule has 0 bridgehead atoms. The Morgan fingerprint density at radius 2 is 2.13 bits per heavy atom. The van der Waals surface area contributed by atoms with Gasteiger partial charge in [-0.3, -0.25) is 4.98 Å². The van der Waals surface area contributed by atoms with Crippen molar-refractivity contribution in [2.24, 2.45) is 5.73 Å². The van der Waals surface area contributed by atoms with Crippen LogP contribution in [0, 0.1) is 12.7 Å². The molecule has 1 aliphatic rings. The second-order valence-corrected chi connectivity index (χ2v) is 8.17. The first-order valence-corrected chi connectivity index (χ1v) is 10.7. The first-order valence-electron chi connectivity index (χ1n) is 10.7. The summed E-state index contributed by atoms with van der Waals surface area (Å²) in [5, 5.41) is 3.47. The molecule has 164 valence electrons. The van der Waals surface area contributed by atoms with Crippen LogP contribution in [0.15, 0.2) is 42.6 Å². The van der Waals surface area contributed by atoms with Gasteiger partial charge in [-0.2, -0.15) is 0 Å². The van der Waals surface area contributed by atoms with E-state index in [9.17, 15) is 4.39 Å². The van der Waals surface area contributed by atoms with Gasteiger partial charge in [0, 0.05) is 30.9 Å². The van der Waals surface area contributed by atoms with Gasteiger partial charge in [0.2, 0.25) is 5.88 Å². The van der Waals surface area contributed by atoms with E-state index in [1.54, 1.807) is 32.4 Å². The zero-order valence-electron chi connectivity index (χ0n) is 18.0. The third-order valence-corrected chi connectivity index (χ3v) is 5.93. The Morgan fingerprint density at radius 3 is 2.87 bits per heavy atom. The van der Waals surface area contributed by atoms with Crippen LogP contribution in [-0.4, -0.2) is 41.9 Å². The molecule has 0 unspecified atom stereocenters. The van der Waals surface area contributed by atoms with Gasteiger partial charge < -0.3 is 20.5 Å². The van der Waals surface area contributed by atoms with E-state index in [0.717, 1.165) is 35.0 Å². The van der Waals surface area contributed by atoms with Crippen LogP contribution in [0.1, 0.15) is 29.5 Å². The topological polar surface area (TPSA) is 82.3 Å². The maximum atomic E-state index is 13.7. The molecular weight excluding hydrogens is 395 g/mol. The molecule has 6 nitrogen and oxygen atoms in total. The molecule has 3 N–H and O–H groups in total. The van der Waals surface area contributed by atoms with E-state index >= 15 is 0 Å². The number of hydrogen-bond donors (Lipinski definition) is 2. The van der Waals surface area contributed by atoms with Crippen molar-refractivity contribution in [1.29, 1.82) is 0 Å². The highest BCUT2D eigenvalue weighted by atomic mass is 19.1. The van der Waals surface area contributed by atoms with Crippen molar-refractivity contribution in [1.82, 2.24) is 15.3 Å². The molecule has 3 atom stereocenters. The van der Waals surface area contributed by atoms with E-state index in [1.165, 1.54) is 0 Å². The zero-order chi connectivity index (χ0) is 21.8. The Morgan fingerprint density at radius 1 is 1.26 bits per heavy atom. The molecule has 0 spiro atoms. The minimum absolute atomic E-state index is 0.0105. The fourth-order valence-electron chi connectivity index (χ4n) is 4.00. The second kappa shape index (κ2) is 9.68. The van der Waals surface area contributed by atoms with Crippen molar-refractivity contribution in [3.63, 3.8) is 0 Å². The van der Waals surface area contributed by atoms with Crippen molar-refractivity contribution in [2.45, 2.75) is 50.9 Å². The minimum Gasteiger partial charge on any atom is -0.481 e. The Bertz CT molecular complexity index is 1040. The minimum atomic E-state index is -0.166. The number of methoxy groups -OCH3 is 1. The van der Waals surface area contributed by atoms with Crippen LogP contribution >= 0.6 is 0 Å². The molecule has 2 aromatic heterocycles. The largest absolute Gasteiger partial charge is 0.481 e. The number of nitrogens with one attached hydrogen (secondary N) is 1. The van der Waals surface area contributed by atoms with Gasteiger partial charge in [0.1, 0.15) is 5.82 Å². The van der Waals surface area contributed by atoms with E-state index in [1.807, 2.05) is 24.3 Å². The summed E-state index contributed by atoms with van der Waals surface area (Å²) in [6, 6.07) is 11.1. The number of aryl methyl sites for hydroxylation is 1. The maximum absolute atomic E-state index is 13.7. The molecule has 1 aromatic carbocycles. The van der Waals surface area contributed by atoms with Gasteiger partial charge in [0.05, 0.1) is 30.9 Å². The molecule has 0 radical (unpaired) electrons. The highest BCUT2D eigenvalue weighted by molar-refractivity contribution is 5.78. The van der Waals surface area contributed by atoms with Gasteiger partial charge in [-0.15, -0.1) is 0 Å². The number of nitrogens with two attached hydrogens (primary N) is 1. The molecular formula is C24H29FN4O2. The summed E-state index contributed by atoms with van der Waals surface area (Å²) in [7, 11) is 1.60. The smallest absolute Gasteiger partial charge is 0.213 e. The summed E-state index contributed by atoms with van der Waals surface area (Å²) < 4.78 is 25.1. The number of pyridine rings is 2. The lowest BCUT2D eigenvalue weighted by Gasteiger charge is -2.33. The molecule has 3 aromatic rings. The predicted octanol–water partition coefficient (Wildman–Crippen LogP) is 3.29. The van der Waals surface area contributed by atoms with Crippen LogP contribution in [0.5, 0.6) is 5.88 Å². The van der Waals surface area contributed by atoms with Crippen molar-refractivity contribution < 1.29 is 13.9 Å². The first kappa shape index (κ1) is 21.6. The summed E-state index contributed by atoms with van der Waals surface area (Å²) in [5.74, 6) is 0.396. The molecule has 0 saturated carbocycles. The van der Waals surface area contributed by atoms with Crippen LogP contribution in [0.2, 0.25) is 0 Å². The quantitative estimate of drug-likeness (QED) is 0.606. The van der Waals surface area contributed by atoms with Crippen molar-refractivity contribution in [2.75, 3.05) is 13.7 Å². The van der Waals surface area contributed by atoms with Crippen LogP contribution in [0.4, 0.5) is 4.39 Å². The summed E-state index contributed by atoms with van der Waals surface area (Å²) in [6.07, 6.45) is 4.28. The third-order valence-electron chi connectivity index (χ3n) is 5.93. The SMILES string of the molecule is COc1ccc2nccc(C[C@H](N)[C@@H]3CC[C@@H](NCc4ccc(C)c(F)c4)CO3)c2n1. The van der Waals surface area contributed by atoms with Gasteiger partial charge in [-0.25, -0.2) is 9.37 Å². The number of halogens is 1. The molecule has 7 heteroatoms. The van der Waals surface area contributed by atoms with Gasteiger partial charge in [-0.05, 0) is 61.1 Å². The van der Waals surface area contributed by atoms with Crippen molar-refractivity contribution in [3.8, 4) is 5.88 Å². The monoisotopic (exact) mass is 424 g/mol. The Hall–Kier alpha value is -2.61. The van der Waals surface area contributed by atoms with E-state index in [4.69, 9.17) is 15.2 Å². The number of nitrogens with zero attached hydrogens (tertiary/aromatic N) is 2. The second-order valence-electron chi connectivity index (χ2n) is 8.17. The number of ether oxygens (including phenoxy) is 2. The zero-order valence-corrected chi connectivity index (χ0v) is 18.0. The number of aromatic nitrogens is 2. The standard InChI is InChI=1S/C24H29FN4O2/c1-15-3-4-16(11-19(15)25)13-28-18-5-7-22(31-14-18)20(26)12-17-9-10-27-21-6-8-23(30-2)29-24(17)21/h3-4,6,8-11,18,20,22,28H,5,7,12-14,26H2,1-2H3/t18-,20+,22+/m1/s1. The lowest BCUT2D eigenvalue weighted by atomic mass is 9.95. The fraction of sp³-hybridized carbons (Fsp3) is 0.417. The number of benzene rings is 1. The first-order chi connectivity index (χ1) is 15.0. The van der Waals surface area contributed by atoms with Gasteiger partial charge in [-0.1, -0.05) is 12.1 Å². The average molecular weight is 425 g/mol. The number of rotatable bonds is 7. The normalized spacial score (nSPS) is 20.0. The third kappa shape index (κ3) is 5.18. The summed E-state index contributed by atoms with van der Waals surface area (Å²) in [5.41, 5.74) is 10.8. The van der Waals surface area contributed by atoms with Crippen LogP contribution in [-0.2, 0) is 17.7 Å². The van der Waals surface area contributed by atoms with Gasteiger partial charge in [0.25, 0.3) is 0 Å². The molecule has 31 heavy (non-hydrogen) atoms. The van der Waals surface area contributed by atoms with Crippen LogP contribution in [0.3, 0.4) is 0 Å². The average Bonchev–Trinajstić information content (AvgIpc) is 2.80. The summed E-state index contributed by atoms with van der Waals surface area (Å²) in [6.45, 7) is 2.99. The maximum Gasteiger partial charge on any atom is 0.213 e. The fourth-order valence-corrected chi connectivity index (χ4v) is 4.00. The number of fused-ring (bicyclic) bond motifs is 1. The van der Waals surface area contributed by atoms with Crippen molar-refractivity contribution >= 4 is 11.0 Å². The Kier molecular flexibility index (Phi) is 6.75. The summed E-state index contributed by atoms with van der Waals surface area (Å²) in [4.78, 5) is 8.93. The van der Waals surface area contributed by atoms with Gasteiger partial charge in [0.15, 0.2) is 0 Å². The molecule has 1 fully saturated rings. The van der Waals surface area contributed by atoms with Gasteiger partial charge >= 0.3 is 0 Å². The Balaban J connectivity index is 1.32. The van der Waals surface area contributed by atoms with Crippen molar-refractivity contribution in [3.05, 3.63) is 65.1 Å². The molecule has 1 saturated heterocycles. The van der Waals surface area contributed by atoms with Crippen LogP contribution in [0.25, 0.3) is 11.0 Å². The lowest BCUT2D eigenvalue weighted by Crippen LogP contribution is -2.46. The number of hydrogen-bond acceptors (Lipinski definition) is 6. The predicted molar refractivity (Wildman–Crippen MR) is 119 cm³/mol. The summed E-state index contributed by atoms with van der Waals surface area (Å²) >= 11 is 0. The van der Waals surface area contributed by atoms with E-state index in [-0.39, 0.29) is 24.0 Å². The van der Waals surface area contributed by atoms with E-state index in [0.29, 0.717) is 31.0 Å². The Labute approximate surface area is 182 Å². The van der Waals surface area contributed by atoms with E-state index in [2.05, 4.69) is 15.3 Å². The lowest BCUT2D eigenvalue weighted by molar-refractivity contribution is -0.0166. The highest BCUT2D eigenvalue weighted by Gasteiger charge is 2.27. The highest BCUT2D eigenvalue weighted by Crippen LogP contribution is 2.23. The molecule has 3 heterocycles. The molecule has 4 rings (SSSR count). The molecule has 1 aliphatic heterocycles. The molecule has 0 amide bonds. The van der Waals surface area contributed by atoms with Crippen LogP contribution < -0.4 is 15.8 Å². The molecule has 0 aliphatic carbocycles. The van der Waals surface area contributed by atoms with E-state index < -0.39 is 0 Å².